The first-order valence-corrected chi connectivity index (χ1v) is 11.3. The molecule has 0 spiro atoms. The number of hydrogen-bond acceptors (Lipinski definition) is 4. The van der Waals surface area contributed by atoms with Gasteiger partial charge in [0.1, 0.15) is 6.10 Å². The Morgan fingerprint density at radius 2 is 1.92 bits per heavy atom. The van der Waals surface area contributed by atoms with Gasteiger partial charge in [0.2, 0.25) is 0 Å². The molecule has 10 atom stereocenters. The highest BCUT2D eigenvalue weighted by Gasteiger charge is 2.61. The van der Waals surface area contributed by atoms with Crippen LogP contribution in [-0.2, 0) is 14.3 Å². The van der Waals surface area contributed by atoms with Gasteiger partial charge in [-0.2, -0.15) is 0 Å². The van der Waals surface area contributed by atoms with E-state index in [0.717, 1.165) is 38.5 Å². The normalized spacial score (nSPS) is 53.3. The van der Waals surface area contributed by atoms with Gasteiger partial charge in [-0.3, -0.25) is 4.79 Å². The molecule has 0 aromatic carbocycles. The van der Waals surface area contributed by atoms with Crippen LogP contribution in [-0.4, -0.2) is 41.3 Å². The molecular weight excluding hydrogens is 396 g/mol. The van der Waals surface area contributed by atoms with Crippen molar-refractivity contribution in [3.63, 3.8) is 0 Å². The van der Waals surface area contributed by atoms with Gasteiger partial charge in [0.25, 0.3) is 0 Å². The Balaban J connectivity index is 1.58. The lowest BCUT2D eigenvalue weighted by atomic mass is 9.46. The molecule has 4 rings (SSSR count). The fourth-order valence-electron chi connectivity index (χ4n) is 7.34. The SMILES string of the molecule is COC1CCC2(C)C(C1)CC(O)C1C3CC(Br)C(OC(C)=O)C3CCC12. The van der Waals surface area contributed by atoms with Crippen molar-refractivity contribution in [2.75, 3.05) is 7.11 Å². The van der Waals surface area contributed by atoms with Crippen LogP contribution in [0.5, 0.6) is 0 Å². The van der Waals surface area contributed by atoms with Crippen LogP contribution in [0.3, 0.4) is 0 Å². The Hall–Kier alpha value is -0.130. The highest BCUT2D eigenvalue weighted by Crippen LogP contribution is 2.63. The quantitative estimate of drug-likeness (QED) is 0.534. The number of hydrogen-bond donors (Lipinski definition) is 1. The summed E-state index contributed by atoms with van der Waals surface area (Å²) in [7, 11) is 1.82. The number of halogens is 1. The highest BCUT2D eigenvalue weighted by atomic mass is 79.9. The molecule has 0 aliphatic heterocycles. The lowest BCUT2D eigenvalue weighted by Gasteiger charge is -2.60. The number of aliphatic hydroxyl groups is 1. The molecule has 0 aromatic rings. The van der Waals surface area contributed by atoms with Crippen LogP contribution < -0.4 is 0 Å². The molecule has 4 nitrogen and oxygen atoms in total. The Bertz CT molecular complexity index is 554. The summed E-state index contributed by atoms with van der Waals surface area (Å²) < 4.78 is 11.3. The summed E-state index contributed by atoms with van der Waals surface area (Å²) in [4.78, 5) is 11.8. The largest absolute Gasteiger partial charge is 0.461 e. The minimum Gasteiger partial charge on any atom is -0.461 e. The van der Waals surface area contributed by atoms with Crippen molar-refractivity contribution in [2.24, 2.45) is 35.0 Å². The monoisotopic (exact) mass is 428 g/mol. The van der Waals surface area contributed by atoms with E-state index < -0.39 is 0 Å². The number of ether oxygens (including phenoxy) is 2. The lowest BCUT2D eigenvalue weighted by Crippen LogP contribution is -2.57. The van der Waals surface area contributed by atoms with Gasteiger partial charge in [-0.25, -0.2) is 0 Å². The molecule has 4 fully saturated rings. The van der Waals surface area contributed by atoms with Gasteiger partial charge in [0, 0.05) is 20.0 Å². The van der Waals surface area contributed by atoms with Gasteiger partial charge in [0.05, 0.1) is 17.0 Å². The van der Waals surface area contributed by atoms with E-state index in [0.29, 0.717) is 41.1 Å². The molecule has 0 amide bonds. The maximum Gasteiger partial charge on any atom is 0.302 e. The van der Waals surface area contributed by atoms with Crippen molar-refractivity contribution in [2.45, 2.75) is 81.9 Å². The molecule has 4 saturated carbocycles. The molecular formula is C21H33BrO4. The van der Waals surface area contributed by atoms with E-state index in [2.05, 4.69) is 22.9 Å². The van der Waals surface area contributed by atoms with E-state index >= 15 is 0 Å². The van der Waals surface area contributed by atoms with Crippen LogP contribution in [0.1, 0.15) is 58.8 Å². The molecule has 0 bridgehead atoms. The summed E-state index contributed by atoms with van der Waals surface area (Å²) in [6, 6.07) is 0. The number of rotatable bonds is 2. The Labute approximate surface area is 165 Å². The number of aliphatic hydroxyl groups excluding tert-OH is 1. The third-order valence-electron chi connectivity index (χ3n) is 8.53. The fourth-order valence-corrected chi connectivity index (χ4v) is 8.27. The van der Waals surface area contributed by atoms with E-state index in [1.54, 1.807) is 0 Å². The molecule has 5 heteroatoms. The van der Waals surface area contributed by atoms with Crippen LogP contribution in [0.15, 0.2) is 0 Å². The summed E-state index contributed by atoms with van der Waals surface area (Å²) in [5.41, 5.74) is 0.325. The molecule has 10 unspecified atom stereocenters. The summed E-state index contributed by atoms with van der Waals surface area (Å²) in [6.45, 7) is 3.99. The molecule has 4 aliphatic rings. The first-order chi connectivity index (χ1) is 12.3. The fraction of sp³-hybridized carbons (Fsp3) is 0.952. The minimum absolute atomic E-state index is 0.0274. The molecule has 0 aromatic heterocycles. The van der Waals surface area contributed by atoms with Gasteiger partial charge < -0.3 is 14.6 Å². The summed E-state index contributed by atoms with van der Waals surface area (Å²) in [6.07, 6.45) is 7.77. The average Bonchev–Trinajstić information content (AvgIpc) is 2.90. The van der Waals surface area contributed by atoms with E-state index in [4.69, 9.17) is 9.47 Å². The number of carbonyl (C=O) groups excluding carboxylic acids is 1. The molecule has 26 heavy (non-hydrogen) atoms. The third-order valence-corrected chi connectivity index (χ3v) is 9.43. The van der Waals surface area contributed by atoms with Gasteiger partial charge in [-0.1, -0.05) is 22.9 Å². The van der Waals surface area contributed by atoms with Gasteiger partial charge in [-0.05, 0) is 74.0 Å². The first-order valence-electron chi connectivity index (χ1n) is 10.4. The van der Waals surface area contributed by atoms with Crippen molar-refractivity contribution in [3.05, 3.63) is 0 Å². The average molecular weight is 429 g/mol. The number of carbonyl (C=O) groups is 1. The van der Waals surface area contributed by atoms with Crippen molar-refractivity contribution >= 4 is 21.9 Å². The van der Waals surface area contributed by atoms with E-state index in [1.165, 1.54) is 13.3 Å². The molecule has 1 N–H and O–H groups in total. The van der Waals surface area contributed by atoms with Crippen LogP contribution in [0.4, 0.5) is 0 Å². The van der Waals surface area contributed by atoms with Gasteiger partial charge in [0.15, 0.2) is 0 Å². The third kappa shape index (κ3) is 2.97. The van der Waals surface area contributed by atoms with Crippen LogP contribution in [0.25, 0.3) is 0 Å². The Morgan fingerprint density at radius 1 is 1.15 bits per heavy atom. The maximum atomic E-state index is 11.6. The predicted molar refractivity (Wildman–Crippen MR) is 103 cm³/mol. The van der Waals surface area contributed by atoms with Crippen LogP contribution >= 0.6 is 15.9 Å². The molecule has 4 aliphatic carbocycles. The zero-order valence-electron chi connectivity index (χ0n) is 16.2. The predicted octanol–water partition coefficient (Wildman–Crippen LogP) is 3.93. The molecule has 0 radical (unpaired) electrons. The molecule has 0 heterocycles. The highest BCUT2D eigenvalue weighted by molar-refractivity contribution is 9.09. The molecule has 148 valence electrons. The van der Waals surface area contributed by atoms with E-state index in [-0.39, 0.29) is 23.0 Å². The number of fused-ring (bicyclic) bond motifs is 5. The second-order valence-corrected chi connectivity index (χ2v) is 10.7. The smallest absolute Gasteiger partial charge is 0.302 e. The summed E-state index contributed by atoms with van der Waals surface area (Å²) in [5, 5.41) is 11.2. The topological polar surface area (TPSA) is 55.8 Å². The summed E-state index contributed by atoms with van der Waals surface area (Å²) >= 11 is 3.78. The zero-order valence-corrected chi connectivity index (χ0v) is 17.8. The number of alkyl halides is 1. The van der Waals surface area contributed by atoms with Crippen LogP contribution in [0.2, 0.25) is 0 Å². The van der Waals surface area contributed by atoms with Crippen molar-refractivity contribution < 1.29 is 19.4 Å². The van der Waals surface area contributed by atoms with Gasteiger partial charge >= 0.3 is 5.97 Å². The number of methoxy groups -OCH3 is 1. The first kappa shape index (κ1) is 19.2. The zero-order chi connectivity index (χ0) is 18.6. The second kappa shape index (κ2) is 7.04. The Kier molecular flexibility index (Phi) is 5.20. The van der Waals surface area contributed by atoms with Crippen molar-refractivity contribution in [1.29, 1.82) is 0 Å². The van der Waals surface area contributed by atoms with Crippen LogP contribution in [0, 0.1) is 35.0 Å². The maximum absolute atomic E-state index is 11.6. The minimum atomic E-state index is -0.225. The molecule has 0 saturated heterocycles. The number of esters is 1. The van der Waals surface area contributed by atoms with Crippen molar-refractivity contribution in [1.82, 2.24) is 0 Å². The standard InChI is InChI=1S/C21H33BrO4/c1-11(23)26-20-14-4-5-16-19(15(14)10-17(20)22)18(24)9-12-8-13(25-3)6-7-21(12,16)2/h12-20,24H,4-10H2,1-3H3. The van der Waals surface area contributed by atoms with Crippen molar-refractivity contribution in [3.8, 4) is 0 Å². The van der Waals surface area contributed by atoms with E-state index in [9.17, 15) is 9.90 Å². The second-order valence-electron chi connectivity index (χ2n) is 9.55. The Morgan fingerprint density at radius 3 is 2.62 bits per heavy atom. The van der Waals surface area contributed by atoms with Gasteiger partial charge in [-0.15, -0.1) is 0 Å². The lowest BCUT2D eigenvalue weighted by molar-refractivity contribution is -0.168. The summed E-state index contributed by atoms with van der Waals surface area (Å²) in [5.74, 6) is 2.20. The van der Waals surface area contributed by atoms with E-state index in [1.807, 2.05) is 7.11 Å².